The number of benzene rings is 2. The van der Waals surface area contributed by atoms with Crippen LogP contribution in [0.3, 0.4) is 0 Å². The van der Waals surface area contributed by atoms with Crippen molar-refractivity contribution in [1.82, 2.24) is 0 Å². The van der Waals surface area contributed by atoms with Crippen LogP contribution in [0.1, 0.15) is 50.7 Å². The van der Waals surface area contributed by atoms with Gasteiger partial charge in [-0.1, -0.05) is 52.0 Å². The summed E-state index contributed by atoms with van der Waals surface area (Å²) in [4.78, 5) is 24.0. The molecule has 0 atom stereocenters. The summed E-state index contributed by atoms with van der Waals surface area (Å²) < 4.78 is 0. The van der Waals surface area contributed by atoms with Crippen LogP contribution in [0.5, 0.6) is 0 Å². The highest BCUT2D eigenvalue weighted by Crippen LogP contribution is 2.18. The largest absolute Gasteiger partial charge is 0.318 e. The van der Waals surface area contributed by atoms with Crippen molar-refractivity contribution in [2.75, 3.05) is 10.6 Å². The van der Waals surface area contributed by atoms with Gasteiger partial charge in [-0.15, -0.1) is 0 Å². The maximum Gasteiger partial charge on any atom is 0.314 e. The van der Waals surface area contributed by atoms with Gasteiger partial charge in [0.15, 0.2) is 0 Å². The van der Waals surface area contributed by atoms with Crippen molar-refractivity contribution in [3.05, 3.63) is 59.7 Å². The van der Waals surface area contributed by atoms with Crippen molar-refractivity contribution in [3.63, 3.8) is 0 Å². The monoisotopic (exact) mass is 324 g/mol. The third-order valence-corrected chi connectivity index (χ3v) is 3.88. The smallest absolute Gasteiger partial charge is 0.314 e. The van der Waals surface area contributed by atoms with E-state index in [9.17, 15) is 9.59 Å². The number of nitrogens with one attached hydrogen (secondary N) is 2. The Kier molecular flexibility index (Phi) is 5.74. The molecule has 0 fully saturated rings. The lowest BCUT2D eigenvalue weighted by Crippen LogP contribution is -2.29. The molecule has 0 aliphatic rings. The third kappa shape index (κ3) is 4.69. The molecular formula is C20H24N2O2. The molecule has 0 spiro atoms. The highest BCUT2D eigenvalue weighted by Gasteiger charge is 2.14. The van der Waals surface area contributed by atoms with Crippen LogP contribution in [0.4, 0.5) is 11.4 Å². The zero-order valence-electron chi connectivity index (χ0n) is 14.6. The van der Waals surface area contributed by atoms with E-state index in [1.807, 2.05) is 24.3 Å². The molecule has 2 rings (SSSR count). The van der Waals surface area contributed by atoms with Crippen LogP contribution in [0.2, 0.25) is 0 Å². The standard InChI is InChI=1S/C20H24N2O2/c1-13(2)15-5-9-17(10-6-15)21-19(23)20(24)22-18-11-7-16(8-12-18)14(3)4/h5-14H,1-4H3,(H,21,23)(H,22,24). The number of anilines is 2. The van der Waals surface area contributed by atoms with E-state index < -0.39 is 11.8 Å². The molecule has 2 aromatic carbocycles. The van der Waals surface area contributed by atoms with Crippen LogP contribution in [-0.4, -0.2) is 11.8 Å². The molecule has 2 amide bonds. The SMILES string of the molecule is CC(C)c1ccc(NC(=O)C(=O)Nc2ccc(C(C)C)cc2)cc1. The summed E-state index contributed by atoms with van der Waals surface area (Å²) in [5.74, 6) is -0.515. The molecule has 4 nitrogen and oxygen atoms in total. The fraction of sp³-hybridized carbons (Fsp3) is 0.300. The molecule has 2 aromatic rings. The Bertz CT molecular complexity index is 638. The molecular weight excluding hydrogens is 300 g/mol. The molecule has 24 heavy (non-hydrogen) atoms. The van der Waals surface area contributed by atoms with Crippen LogP contribution in [0.15, 0.2) is 48.5 Å². The Morgan fingerprint density at radius 2 is 0.917 bits per heavy atom. The average molecular weight is 324 g/mol. The number of hydrogen-bond acceptors (Lipinski definition) is 2. The topological polar surface area (TPSA) is 58.2 Å². The van der Waals surface area contributed by atoms with E-state index >= 15 is 0 Å². The van der Waals surface area contributed by atoms with Gasteiger partial charge < -0.3 is 10.6 Å². The van der Waals surface area contributed by atoms with Gasteiger partial charge in [0.1, 0.15) is 0 Å². The Hall–Kier alpha value is -2.62. The normalized spacial score (nSPS) is 10.8. The number of hydrogen-bond donors (Lipinski definition) is 2. The zero-order valence-corrected chi connectivity index (χ0v) is 14.6. The van der Waals surface area contributed by atoms with Crippen LogP contribution in [0, 0.1) is 0 Å². The minimum Gasteiger partial charge on any atom is -0.318 e. The molecule has 0 aliphatic heterocycles. The fourth-order valence-electron chi connectivity index (χ4n) is 2.28. The summed E-state index contributed by atoms with van der Waals surface area (Å²) in [6.07, 6.45) is 0. The van der Waals surface area contributed by atoms with Crippen molar-refractivity contribution >= 4 is 23.2 Å². The average Bonchev–Trinajstić information content (AvgIpc) is 2.55. The molecule has 0 saturated heterocycles. The molecule has 0 bridgehead atoms. The molecule has 0 heterocycles. The first kappa shape index (κ1) is 17.7. The molecule has 0 aromatic heterocycles. The van der Waals surface area contributed by atoms with Gasteiger partial charge >= 0.3 is 11.8 Å². The number of amides is 2. The van der Waals surface area contributed by atoms with Crippen LogP contribution < -0.4 is 10.6 Å². The van der Waals surface area contributed by atoms with Crippen molar-refractivity contribution in [1.29, 1.82) is 0 Å². The first-order chi connectivity index (χ1) is 11.4. The lowest BCUT2D eigenvalue weighted by molar-refractivity contribution is -0.132. The summed E-state index contributed by atoms with van der Waals surface area (Å²) in [7, 11) is 0. The van der Waals surface area contributed by atoms with Crippen molar-refractivity contribution in [2.45, 2.75) is 39.5 Å². The maximum absolute atomic E-state index is 12.0. The van der Waals surface area contributed by atoms with Crippen molar-refractivity contribution < 1.29 is 9.59 Å². The quantitative estimate of drug-likeness (QED) is 0.813. The fourth-order valence-corrected chi connectivity index (χ4v) is 2.28. The van der Waals surface area contributed by atoms with Crippen molar-refractivity contribution in [3.8, 4) is 0 Å². The minimum absolute atomic E-state index is 0.423. The van der Waals surface area contributed by atoms with Crippen LogP contribution >= 0.6 is 0 Å². The predicted molar refractivity (Wildman–Crippen MR) is 98.3 cm³/mol. The van der Waals surface area contributed by atoms with Crippen molar-refractivity contribution in [2.24, 2.45) is 0 Å². The second-order valence-corrected chi connectivity index (χ2v) is 6.46. The number of carbonyl (C=O) groups is 2. The maximum atomic E-state index is 12.0. The van der Waals surface area contributed by atoms with E-state index in [4.69, 9.17) is 0 Å². The first-order valence-corrected chi connectivity index (χ1v) is 8.19. The Morgan fingerprint density at radius 1 is 0.625 bits per heavy atom. The van der Waals surface area contributed by atoms with Gasteiger partial charge in [-0.3, -0.25) is 9.59 Å². The minimum atomic E-state index is -0.680. The second-order valence-electron chi connectivity index (χ2n) is 6.46. The van der Waals surface area contributed by atoms with Gasteiger partial charge in [0.25, 0.3) is 0 Å². The molecule has 4 heteroatoms. The lowest BCUT2D eigenvalue weighted by Gasteiger charge is -2.10. The van der Waals surface area contributed by atoms with Gasteiger partial charge in [-0.25, -0.2) is 0 Å². The van der Waals surface area contributed by atoms with Gasteiger partial charge in [0, 0.05) is 11.4 Å². The molecule has 0 aliphatic carbocycles. The van der Waals surface area contributed by atoms with E-state index in [-0.39, 0.29) is 0 Å². The van der Waals surface area contributed by atoms with Crippen LogP contribution in [-0.2, 0) is 9.59 Å². The Labute approximate surface area is 143 Å². The Balaban J connectivity index is 1.95. The molecule has 0 unspecified atom stereocenters. The van der Waals surface area contributed by atoms with E-state index in [0.29, 0.717) is 23.2 Å². The molecule has 2 N–H and O–H groups in total. The second kappa shape index (κ2) is 7.77. The Morgan fingerprint density at radius 3 is 1.17 bits per heavy atom. The summed E-state index contributed by atoms with van der Waals surface area (Å²) in [5, 5.41) is 5.21. The van der Waals surface area contributed by atoms with Gasteiger partial charge in [0.2, 0.25) is 0 Å². The third-order valence-electron chi connectivity index (χ3n) is 3.88. The summed E-state index contributed by atoms with van der Waals surface area (Å²) >= 11 is 0. The molecule has 126 valence electrons. The summed E-state index contributed by atoms with van der Waals surface area (Å²) in [6, 6.07) is 15.0. The molecule has 0 saturated carbocycles. The zero-order chi connectivity index (χ0) is 17.7. The van der Waals surface area contributed by atoms with E-state index in [1.165, 1.54) is 11.1 Å². The molecule has 0 radical (unpaired) electrons. The van der Waals surface area contributed by atoms with Crippen LogP contribution in [0.25, 0.3) is 0 Å². The van der Waals surface area contributed by atoms with Gasteiger partial charge in [-0.2, -0.15) is 0 Å². The number of carbonyl (C=O) groups excluding carboxylic acids is 2. The van der Waals surface area contributed by atoms with Gasteiger partial charge in [0.05, 0.1) is 0 Å². The van der Waals surface area contributed by atoms with Gasteiger partial charge in [-0.05, 0) is 47.2 Å². The summed E-state index contributed by atoms with van der Waals surface area (Å²) in [5.41, 5.74) is 3.58. The lowest BCUT2D eigenvalue weighted by atomic mass is 10.0. The highest BCUT2D eigenvalue weighted by atomic mass is 16.2. The van der Waals surface area contributed by atoms with E-state index in [2.05, 4.69) is 38.3 Å². The highest BCUT2D eigenvalue weighted by molar-refractivity contribution is 6.43. The van der Waals surface area contributed by atoms with E-state index in [1.54, 1.807) is 24.3 Å². The number of rotatable bonds is 4. The van der Waals surface area contributed by atoms with E-state index in [0.717, 1.165) is 0 Å². The summed E-state index contributed by atoms with van der Waals surface area (Å²) in [6.45, 7) is 8.41. The first-order valence-electron chi connectivity index (χ1n) is 8.19. The predicted octanol–water partition coefficient (Wildman–Crippen LogP) is 4.51.